The van der Waals surface area contributed by atoms with Crippen LogP contribution in [0.2, 0.25) is 0 Å². The van der Waals surface area contributed by atoms with Gasteiger partial charge in [0.15, 0.2) is 0 Å². The lowest BCUT2D eigenvalue weighted by Crippen LogP contribution is -2.27. The third-order valence-electron chi connectivity index (χ3n) is 3.01. The molecule has 6 nitrogen and oxygen atoms in total. The van der Waals surface area contributed by atoms with E-state index in [1.807, 2.05) is 31.2 Å². The predicted octanol–water partition coefficient (Wildman–Crippen LogP) is 0.855. The fraction of sp³-hybridized carbons (Fsp3) is 0.438. The molecule has 1 aromatic rings. The van der Waals surface area contributed by atoms with Crippen LogP contribution in [-0.4, -0.2) is 24.3 Å². The molecule has 0 aliphatic heterocycles. The fourth-order valence-electron chi connectivity index (χ4n) is 1.80. The van der Waals surface area contributed by atoms with Crippen LogP contribution in [0.25, 0.3) is 0 Å². The van der Waals surface area contributed by atoms with Crippen molar-refractivity contribution in [3.05, 3.63) is 35.4 Å². The lowest BCUT2D eigenvalue weighted by atomic mass is 10.1. The van der Waals surface area contributed by atoms with Crippen molar-refractivity contribution in [1.82, 2.24) is 16.0 Å². The van der Waals surface area contributed by atoms with Gasteiger partial charge in [0.2, 0.25) is 17.7 Å². The summed E-state index contributed by atoms with van der Waals surface area (Å²) in [6, 6.07) is 7.63. The van der Waals surface area contributed by atoms with E-state index in [-0.39, 0.29) is 30.6 Å². The van der Waals surface area contributed by atoms with Gasteiger partial charge in [-0.3, -0.25) is 14.4 Å². The third-order valence-corrected chi connectivity index (χ3v) is 3.01. The number of hydrogen-bond donors (Lipinski definition) is 3. The zero-order valence-corrected chi connectivity index (χ0v) is 13.1. The Bertz CT molecular complexity index is 512. The molecule has 0 atom stereocenters. The molecule has 6 heteroatoms. The van der Waals surface area contributed by atoms with Crippen LogP contribution in [0.15, 0.2) is 24.3 Å². The molecule has 120 valence electrons. The van der Waals surface area contributed by atoms with Gasteiger partial charge in [-0.2, -0.15) is 0 Å². The average molecular weight is 305 g/mol. The minimum absolute atomic E-state index is 0.0663. The van der Waals surface area contributed by atoms with E-state index < -0.39 is 0 Å². The van der Waals surface area contributed by atoms with E-state index in [1.165, 1.54) is 6.92 Å². The van der Waals surface area contributed by atoms with Crippen LogP contribution in [0.5, 0.6) is 0 Å². The van der Waals surface area contributed by atoms with Crippen LogP contribution in [-0.2, 0) is 27.5 Å². The normalized spacial score (nSPS) is 9.91. The number of hydrogen-bond acceptors (Lipinski definition) is 3. The standard InChI is InChI=1S/C16H23N3O3/c1-3-17-15(21)8-9-16(22)19-11-14-6-4-13(5-7-14)10-18-12(2)20/h4-7H,3,8-11H2,1-2H3,(H,17,21)(H,18,20)(H,19,22). The van der Waals surface area contributed by atoms with Crippen LogP contribution in [0.3, 0.4) is 0 Å². The summed E-state index contributed by atoms with van der Waals surface area (Å²) in [6.07, 6.45) is 0.391. The molecule has 1 rings (SSSR count). The van der Waals surface area contributed by atoms with E-state index in [1.54, 1.807) is 0 Å². The van der Waals surface area contributed by atoms with Gasteiger partial charge < -0.3 is 16.0 Å². The second kappa shape index (κ2) is 9.55. The highest BCUT2D eigenvalue weighted by atomic mass is 16.2. The van der Waals surface area contributed by atoms with Gasteiger partial charge in [-0.15, -0.1) is 0 Å². The molecular weight excluding hydrogens is 282 g/mol. The molecule has 0 spiro atoms. The van der Waals surface area contributed by atoms with Gasteiger partial charge in [-0.05, 0) is 18.1 Å². The van der Waals surface area contributed by atoms with Crippen molar-refractivity contribution in [3.63, 3.8) is 0 Å². The van der Waals surface area contributed by atoms with Crippen molar-refractivity contribution in [2.24, 2.45) is 0 Å². The highest BCUT2D eigenvalue weighted by Crippen LogP contribution is 2.04. The number of amides is 3. The average Bonchev–Trinajstić information content (AvgIpc) is 2.50. The highest BCUT2D eigenvalue weighted by molar-refractivity contribution is 5.83. The number of benzene rings is 1. The largest absolute Gasteiger partial charge is 0.356 e. The summed E-state index contributed by atoms with van der Waals surface area (Å²) in [5.41, 5.74) is 1.97. The zero-order valence-electron chi connectivity index (χ0n) is 13.1. The van der Waals surface area contributed by atoms with E-state index in [0.29, 0.717) is 19.6 Å². The van der Waals surface area contributed by atoms with Gasteiger partial charge in [0.05, 0.1) is 0 Å². The molecule has 0 radical (unpaired) electrons. The molecule has 0 saturated carbocycles. The van der Waals surface area contributed by atoms with Gasteiger partial charge in [0.25, 0.3) is 0 Å². The van der Waals surface area contributed by atoms with E-state index in [0.717, 1.165) is 11.1 Å². The van der Waals surface area contributed by atoms with Crippen LogP contribution < -0.4 is 16.0 Å². The molecule has 0 heterocycles. The highest BCUT2D eigenvalue weighted by Gasteiger charge is 2.05. The minimum Gasteiger partial charge on any atom is -0.356 e. The molecular formula is C16H23N3O3. The Labute approximate surface area is 130 Å². The number of carbonyl (C=O) groups is 3. The second-order valence-electron chi connectivity index (χ2n) is 4.96. The topological polar surface area (TPSA) is 87.3 Å². The molecule has 1 aromatic carbocycles. The summed E-state index contributed by atoms with van der Waals surface area (Å²) in [7, 11) is 0. The van der Waals surface area contributed by atoms with Gasteiger partial charge in [0, 0.05) is 39.4 Å². The summed E-state index contributed by atoms with van der Waals surface area (Å²) >= 11 is 0. The summed E-state index contributed by atoms with van der Waals surface area (Å²) in [4.78, 5) is 33.7. The molecule has 0 fully saturated rings. The first-order chi connectivity index (χ1) is 10.5. The summed E-state index contributed by atoms with van der Waals surface area (Å²) in [5.74, 6) is -0.322. The predicted molar refractivity (Wildman–Crippen MR) is 83.7 cm³/mol. The van der Waals surface area contributed by atoms with E-state index >= 15 is 0 Å². The smallest absolute Gasteiger partial charge is 0.220 e. The summed E-state index contributed by atoms with van der Waals surface area (Å²) in [6.45, 7) is 4.81. The van der Waals surface area contributed by atoms with E-state index in [2.05, 4.69) is 16.0 Å². The van der Waals surface area contributed by atoms with Crippen LogP contribution in [0.4, 0.5) is 0 Å². The third kappa shape index (κ3) is 7.42. The minimum atomic E-state index is -0.145. The Kier molecular flexibility index (Phi) is 7.67. The van der Waals surface area contributed by atoms with Gasteiger partial charge >= 0.3 is 0 Å². The molecule has 0 bridgehead atoms. The molecule has 0 aliphatic rings. The Morgan fingerprint density at radius 3 is 1.73 bits per heavy atom. The maximum absolute atomic E-state index is 11.6. The molecule has 0 saturated heterocycles. The molecule has 3 N–H and O–H groups in total. The Balaban J connectivity index is 2.30. The number of carbonyl (C=O) groups excluding carboxylic acids is 3. The van der Waals surface area contributed by atoms with Crippen LogP contribution in [0, 0.1) is 0 Å². The Morgan fingerprint density at radius 2 is 1.27 bits per heavy atom. The zero-order chi connectivity index (χ0) is 16.4. The fourth-order valence-corrected chi connectivity index (χ4v) is 1.80. The van der Waals surface area contributed by atoms with Crippen molar-refractivity contribution < 1.29 is 14.4 Å². The van der Waals surface area contributed by atoms with Crippen molar-refractivity contribution in [2.75, 3.05) is 6.54 Å². The number of nitrogens with one attached hydrogen (secondary N) is 3. The molecule has 0 unspecified atom stereocenters. The summed E-state index contributed by atoms with van der Waals surface area (Å²) < 4.78 is 0. The first-order valence-electron chi connectivity index (χ1n) is 7.37. The van der Waals surface area contributed by atoms with Crippen molar-refractivity contribution in [3.8, 4) is 0 Å². The van der Waals surface area contributed by atoms with E-state index in [4.69, 9.17) is 0 Å². The lowest BCUT2D eigenvalue weighted by Gasteiger charge is -2.07. The van der Waals surface area contributed by atoms with Crippen LogP contribution >= 0.6 is 0 Å². The monoisotopic (exact) mass is 305 g/mol. The lowest BCUT2D eigenvalue weighted by molar-refractivity contribution is -0.126. The Hall–Kier alpha value is -2.37. The number of rotatable bonds is 8. The Morgan fingerprint density at radius 1 is 0.818 bits per heavy atom. The second-order valence-corrected chi connectivity index (χ2v) is 4.96. The van der Waals surface area contributed by atoms with Crippen molar-refractivity contribution in [1.29, 1.82) is 0 Å². The molecule has 3 amide bonds. The molecule has 22 heavy (non-hydrogen) atoms. The first-order valence-corrected chi connectivity index (χ1v) is 7.37. The maximum atomic E-state index is 11.6. The van der Waals surface area contributed by atoms with E-state index in [9.17, 15) is 14.4 Å². The maximum Gasteiger partial charge on any atom is 0.220 e. The quantitative estimate of drug-likeness (QED) is 0.665. The van der Waals surface area contributed by atoms with Gasteiger partial charge in [0.1, 0.15) is 0 Å². The van der Waals surface area contributed by atoms with Gasteiger partial charge in [-0.25, -0.2) is 0 Å². The molecule has 0 aromatic heterocycles. The van der Waals surface area contributed by atoms with Gasteiger partial charge in [-0.1, -0.05) is 24.3 Å². The van der Waals surface area contributed by atoms with Crippen LogP contribution in [0.1, 0.15) is 37.8 Å². The SMILES string of the molecule is CCNC(=O)CCC(=O)NCc1ccc(CNC(C)=O)cc1. The first kappa shape index (κ1) is 17.7. The molecule has 0 aliphatic carbocycles. The summed E-state index contributed by atoms with van der Waals surface area (Å²) in [5, 5.41) is 8.15. The van der Waals surface area contributed by atoms with Crippen molar-refractivity contribution in [2.45, 2.75) is 39.8 Å². The van der Waals surface area contributed by atoms with Crippen molar-refractivity contribution >= 4 is 17.7 Å².